The van der Waals surface area contributed by atoms with Gasteiger partial charge in [0.15, 0.2) is 0 Å². The average molecular weight is 125 g/mol. The number of nitroso groups, excluding NO2 is 1. The molecular formula is C6H4FNO. The fourth-order valence-corrected chi connectivity index (χ4v) is 0.533. The molecule has 0 radical (unpaired) electrons. The van der Waals surface area contributed by atoms with Crippen LogP contribution in [-0.2, 0) is 0 Å². The van der Waals surface area contributed by atoms with E-state index in [0.717, 1.165) is 6.07 Å². The molecule has 0 amide bonds. The molecule has 0 fully saturated rings. The van der Waals surface area contributed by atoms with E-state index in [1.54, 1.807) is 0 Å². The molecule has 0 aromatic heterocycles. The predicted octanol–water partition coefficient (Wildman–Crippen LogP) is 2.22. The van der Waals surface area contributed by atoms with Crippen LogP contribution in [0.25, 0.3) is 0 Å². The van der Waals surface area contributed by atoms with Crippen LogP contribution in [0.4, 0.5) is 10.1 Å². The maximum absolute atomic E-state index is 12.2. The molecule has 0 bridgehead atoms. The summed E-state index contributed by atoms with van der Waals surface area (Å²) >= 11 is 0. The van der Waals surface area contributed by atoms with Crippen LogP contribution >= 0.6 is 0 Å². The zero-order chi connectivity index (χ0) is 6.69. The Morgan fingerprint density at radius 1 is 1.44 bits per heavy atom. The van der Waals surface area contributed by atoms with Crippen molar-refractivity contribution in [3.8, 4) is 0 Å². The zero-order valence-electron chi connectivity index (χ0n) is 4.54. The number of benzene rings is 1. The van der Waals surface area contributed by atoms with E-state index in [9.17, 15) is 9.30 Å². The third kappa shape index (κ3) is 1.32. The minimum Gasteiger partial charge on any atom is -0.207 e. The minimum atomic E-state index is -0.438. The molecule has 0 saturated carbocycles. The van der Waals surface area contributed by atoms with Crippen molar-refractivity contribution in [3.63, 3.8) is 0 Å². The van der Waals surface area contributed by atoms with Crippen molar-refractivity contribution < 1.29 is 4.39 Å². The van der Waals surface area contributed by atoms with Gasteiger partial charge in [0.25, 0.3) is 0 Å². The highest BCUT2D eigenvalue weighted by Gasteiger charge is 1.90. The molecule has 0 saturated heterocycles. The van der Waals surface area contributed by atoms with Crippen molar-refractivity contribution >= 4 is 5.69 Å². The second kappa shape index (κ2) is 2.35. The first-order valence-corrected chi connectivity index (χ1v) is 2.42. The first kappa shape index (κ1) is 5.88. The predicted molar refractivity (Wildman–Crippen MR) is 31.9 cm³/mol. The normalized spacial score (nSPS) is 9.00. The lowest BCUT2D eigenvalue weighted by molar-refractivity contribution is 0.628. The number of hydrogen-bond acceptors (Lipinski definition) is 2. The van der Waals surface area contributed by atoms with Crippen molar-refractivity contribution in [2.45, 2.75) is 0 Å². The third-order valence-electron chi connectivity index (χ3n) is 0.914. The molecule has 0 heterocycles. The van der Waals surface area contributed by atoms with Crippen LogP contribution in [0.2, 0.25) is 0 Å². The molecule has 1 aromatic carbocycles. The quantitative estimate of drug-likeness (QED) is 0.529. The number of halogens is 1. The number of hydrogen-bond donors (Lipinski definition) is 0. The molecule has 0 atom stereocenters. The monoisotopic (exact) mass is 125 g/mol. The van der Waals surface area contributed by atoms with E-state index in [4.69, 9.17) is 0 Å². The van der Waals surface area contributed by atoms with Crippen molar-refractivity contribution in [1.29, 1.82) is 0 Å². The Bertz CT molecular complexity index is 224. The maximum Gasteiger partial charge on any atom is 0.125 e. The van der Waals surface area contributed by atoms with E-state index < -0.39 is 5.82 Å². The zero-order valence-corrected chi connectivity index (χ0v) is 4.54. The Morgan fingerprint density at radius 2 is 2.22 bits per heavy atom. The van der Waals surface area contributed by atoms with E-state index in [0.29, 0.717) is 0 Å². The summed E-state index contributed by atoms with van der Waals surface area (Å²) in [5, 5.41) is 2.54. The second-order valence-electron chi connectivity index (χ2n) is 1.57. The molecule has 0 aliphatic carbocycles. The van der Waals surface area contributed by atoms with Crippen molar-refractivity contribution in [1.82, 2.24) is 0 Å². The molecule has 46 valence electrons. The Kier molecular flexibility index (Phi) is 1.53. The van der Waals surface area contributed by atoms with E-state index in [1.807, 2.05) is 0 Å². The van der Waals surface area contributed by atoms with E-state index in [2.05, 4.69) is 5.18 Å². The molecule has 1 rings (SSSR count). The highest BCUT2D eigenvalue weighted by Crippen LogP contribution is 2.11. The Hall–Kier alpha value is -1.25. The van der Waals surface area contributed by atoms with Gasteiger partial charge in [0, 0.05) is 6.07 Å². The SMILES string of the molecule is O=Nc1cccc(F)c1. The van der Waals surface area contributed by atoms with Gasteiger partial charge >= 0.3 is 0 Å². The molecule has 0 aliphatic heterocycles. The summed E-state index contributed by atoms with van der Waals surface area (Å²) < 4.78 is 12.2. The van der Waals surface area contributed by atoms with Crippen LogP contribution < -0.4 is 0 Å². The van der Waals surface area contributed by atoms with Crippen LogP contribution in [-0.4, -0.2) is 0 Å². The third-order valence-corrected chi connectivity index (χ3v) is 0.914. The largest absolute Gasteiger partial charge is 0.207 e. The first-order valence-electron chi connectivity index (χ1n) is 2.42. The molecule has 0 spiro atoms. The summed E-state index contributed by atoms with van der Waals surface area (Å²) in [6.45, 7) is 0. The molecule has 1 aromatic rings. The lowest BCUT2D eigenvalue weighted by Crippen LogP contribution is -1.68. The maximum atomic E-state index is 12.2. The Balaban J connectivity index is 3.07. The minimum absolute atomic E-state index is 0.120. The van der Waals surface area contributed by atoms with Crippen LogP contribution in [0.3, 0.4) is 0 Å². The van der Waals surface area contributed by atoms with Crippen molar-refractivity contribution in [2.24, 2.45) is 5.18 Å². The molecule has 3 heteroatoms. The molecule has 0 aliphatic rings. The van der Waals surface area contributed by atoms with Crippen LogP contribution in [0, 0.1) is 10.7 Å². The summed E-state index contributed by atoms with van der Waals surface area (Å²) in [4.78, 5) is 9.74. The average Bonchev–Trinajstić information content (AvgIpc) is 1.88. The Morgan fingerprint density at radius 3 is 2.67 bits per heavy atom. The summed E-state index contributed by atoms with van der Waals surface area (Å²) in [6, 6.07) is 5.21. The van der Waals surface area contributed by atoms with Crippen LogP contribution in [0.15, 0.2) is 29.4 Å². The second-order valence-corrected chi connectivity index (χ2v) is 1.57. The lowest BCUT2D eigenvalue weighted by atomic mass is 10.3. The van der Waals surface area contributed by atoms with E-state index in [1.165, 1.54) is 18.2 Å². The van der Waals surface area contributed by atoms with Gasteiger partial charge in [0.2, 0.25) is 0 Å². The topological polar surface area (TPSA) is 29.4 Å². The van der Waals surface area contributed by atoms with Crippen molar-refractivity contribution in [2.75, 3.05) is 0 Å². The van der Waals surface area contributed by atoms with Gasteiger partial charge in [-0.15, -0.1) is 4.91 Å². The Labute approximate surface area is 51.3 Å². The highest BCUT2D eigenvalue weighted by molar-refractivity contribution is 5.35. The number of nitrogens with zero attached hydrogens (tertiary/aromatic N) is 1. The smallest absolute Gasteiger partial charge is 0.125 e. The van der Waals surface area contributed by atoms with Gasteiger partial charge in [0.05, 0.1) is 0 Å². The summed E-state index contributed by atoms with van der Waals surface area (Å²) in [5.41, 5.74) is 0.120. The van der Waals surface area contributed by atoms with Gasteiger partial charge in [-0.25, -0.2) is 4.39 Å². The van der Waals surface area contributed by atoms with Crippen LogP contribution in [0.1, 0.15) is 0 Å². The van der Waals surface area contributed by atoms with Gasteiger partial charge in [-0.3, -0.25) is 0 Å². The summed E-state index contributed by atoms with van der Waals surface area (Å²) in [5.74, 6) is -0.438. The first-order chi connectivity index (χ1) is 4.33. The molecular weight excluding hydrogens is 121 g/mol. The van der Waals surface area contributed by atoms with Gasteiger partial charge in [-0.2, -0.15) is 0 Å². The number of rotatable bonds is 1. The van der Waals surface area contributed by atoms with Gasteiger partial charge < -0.3 is 0 Å². The fraction of sp³-hybridized carbons (Fsp3) is 0. The van der Waals surface area contributed by atoms with Crippen molar-refractivity contribution in [3.05, 3.63) is 35.0 Å². The lowest BCUT2D eigenvalue weighted by Gasteiger charge is -1.85. The van der Waals surface area contributed by atoms with Gasteiger partial charge in [0.1, 0.15) is 11.5 Å². The summed E-state index contributed by atoms with van der Waals surface area (Å²) in [7, 11) is 0. The van der Waals surface area contributed by atoms with E-state index >= 15 is 0 Å². The van der Waals surface area contributed by atoms with E-state index in [-0.39, 0.29) is 5.69 Å². The van der Waals surface area contributed by atoms with Gasteiger partial charge in [-0.1, -0.05) is 6.07 Å². The molecule has 0 N–H and O–H groups in total. The molecule has 2 nitrogen and oxygen atoms in total. The highest BCUT2D eigenvalue weighted by atomic mass is 19.1. The molecule has 9 heavy (non-hydrogen) atoms. The van der Waals surface area contributed by atoms with Crippen LogP contribution in [0.5, 0.6) is 0 Å². The standard InChI is InChI=1S/C6H4FNO/c7-5-2-1-3-6(4-5)8-9/h1-4H. The summed E-state index contributed by atoms with van der Waals surface area (Å²) in [6.07, 6.45) is 0. The fourth-order valence-electron chi connectivity index (χ4n) is 0.533. The molecule has 0 unspecified atom stereocenters. The van der Waals surface area contributed by atoms with Gasteiger partial charge in [-0.05, 0) is 17.3 Å².